The zero-order valence-corrected chi connectivity index (χ0v) is 12.8. The number of nitrogens with one attached hydrogen (secondary N) is 1. The summed E-state index contributed by atoms with van der Waals surface area (Å²) in [6.07, 6.45) is 5.52. The molecule has 0 radical (unpaired) electrons. The van der Waals surface area contributed by atoms with Gasteiger partial charge in [0.25, 0.3) is 0 Å². The van der Waals surface area contributed by atoms with Crippen LogP contribution >= 0.6 is 0 Å². The van der Waals surface area contributed by atoms with Gasteiger partial charge < -0.3 is 10.1 Å². The van der Waals surface area contributed by atoms with E-state index in [9.17, 15) is 0 Å². The van der Waals surface area contributed by atoms with Gasteiger partial charge in [-0.05, 0) is 24.8 Å². The molecule has 2 aromatic rings. The molecule has 0 aliphatic carbocycles. The Morgan fingerprint density at radius 1 is 1.10 bits per heavy atom. The minimum Gasteiger partial charge on any atom is -0.477 e. The van der Waals surface area contributed by atoms with Gasteiger partial charge in [-0.15, -0.1) is 0 Å². The molecule has 1 heterocycles. The summed E-state index contributed by atoms with van der Waals surface area (Å²) in [4.78, 5) is 8.53. The maximum Gasteiger partial charge on any atom is 0.221 e. The van der Waals surface area contributed by atoms with Gasteiger partial charge in [0.1, 0.15) is 12.1 Å². The molecular weight excluding hydrogens is 262 g/mol. The van der Waals surface area contributed by atoms with Crippen molar-refractivity contribution in [3.05, 3.63) is 47.8 Å². The molecule has 21 heavy (non-hydrogen) atoms. The Morgan fingerprint density at radius 2 is 1.90 bits per heavy atom. The number of anilines is 1. The molecule has 0 saturated carbocycles. The van der Waals surface area contributed by atoms with Crippen LogP contribution in [0.4, 0.5) is 5.82 Å². The molecule has 2 rings (SSSR count). The minimum absolute atomic E-state index is 0.672. The van der Waals surface area contributed by atoms with Gasteiger partial charge in [-0.2, -0.15) is 0 Å². The number of rotatable bonds is 8. The van der Waals surface area contributed by atoms with E-state index in [1.54, 1.807) is 6.33 Å². The molecule has 0 saturated heterocycles. The number of hydrogen-bond acceptors (Lipinski definition) is 4. The van der Waals surface area contributed by atoms with Crippen molar-refractivity contribution in [1.29, 1.82) is 0 Å². The third-order valence-electron chi connectivity index (χ3n) is 3.33. The zero-order chi connectivity index (χ0) is 14.9. The molecule has 1 N–H and O–H groups in total. The topological polar surface area (TPSA) is 47.0 Å². The third-order valence-corrected chi connectivity index (χ3v) is 3.33. The van der Waals surface area contributed by atoms with Crippen molar-refractivity contribution in [2.45, 2.75) is 32.6 Å². The predicted molar refractivity (Wildman–Crippen MR) is 85.8 cm³/mol. The Kier molecular flexibility index (Phi) is 6.00. The molecule has 1 aromatic heterocycles. The fraction of sp³-hybridized carbons (Fsp3) is 0.412. The molecule has 0 atom stereocenters. The van der Waals surface area contributed by atoms with Gasteiger partial charge in [-0.1, -0.05) is 43.7 Å². The van der Waals surface area contributed by atoms with Crippen molar-refractivity contribution >= 4 is 5.82 Å². The number of benzene rings is 1. The lowest BCUT2D eigenvalue weighted by Gasteiger charge is -2.12. The average molecular weight is 285 g/mol. The van der Waals surface area contributed by atoms with Gasteiger partial charge in [0.15, 0.2) is 0 Å². The molecule has 0 spiro atoms. The predicted octanol–water partition coefficient (Wildman–Crippen LogP) is 3.48. The molecule has 4 heteroatoms. The van der Waals surface area contributed by atoms with Crippen molar-refractivity contribution in [3.63, 3.8) is 0 Å². The first-order valence-electron chi connectivity index (χ1n) is 7.53. The second-order valence-corrected chi connectivity index (χ2v) is 4.94. The lowest BCUT2D eigenvalue weighted by Crippen LogP contribution is -2.07. The van der Waals surface area contributed by atoms with Crippen molar-refractivity contribution in [3.8, 4) is 5.88 Å². The Morgan fingerprint density at radius 3 is 2.62 bits per heavy atom. The zero-order valence-electron chi connectivity index (χ0n) is 12.8. The van der Waals surface area contributed by atoms with Gasteiger partial charge in [-0.3, -0.25) is 0 Å². The van der Waals surface area contributed by atoms with Crippen LogP contribution in [0.5, 0.6) is 5.88 Å². The first-order chi connectivity index (χ1) is 10.3. The quantitative estimate of drug-likeness (QED) is 0.754. The molecule has 112 valence electrons. The van der Waals surface area contributed by atoms with E-state index in [2.05, 4.69) is 46.5 Å². The maximum absolute atomic E-state index is 5.86. The van der Waals surface area contributed by atoms with Gasteiger partial charge >= 0.3 is 0 Å². The van der Waals surface area contributed by atoms with Gasteiger partial charge in [0.05, 0.1) is 12.2 Å². The number of nitrogens with zero attached hydrogens (tertiary/aromatic N) is 2. The summed E-state index contributed by atoms with van der Waals surface area (Å²) in [7, 11) is 1.88. The van der Waals surface area contributed by atoms with Crippen molar-refractivity contribution in [2.24, 2.45) is 0 Å². The average Bonchev–Trinajstić information content (AvgIpc) is 2.54. The van der Waals surface area contributed by atoms with E-state index < -0.39 is 0 Å². The number of aryl methyl sites for hydroxylation is 1. The highest BCUT2D eigenvalue weighted by molar-refractivity contribution is 5.48. The van der Waals surface area contributed by atoms with Crippen LogP contribution in [-0.4, -0.2) is 23.6 Å². The van der Waals surface area contributed by atoms with Crippen LogP contribution in [0, 0.1) is 0 Å². The van der Waals surface area contributed by atoms with E-state index in [-0.39, 0.29) is 0 Å². The second-order valence-electron chi connectivity index (χ2n) is 4.94. The first-order valence-corrected chi connectivity index (χ1v) is 7.53. The lowest BCUT2D eigenvalue weighted by atomic mass is 10.1. The van der Waals surface area contributed by atoms with E-state index in [1.807, 2.05) is 13.1 Å². The summed E-state index contributed by atoms with van der Waals surface area (Å²) in [6.45, 7) is 2.82. The van der Waals surface area contributed by atoms with Crippen LogP contribution in [0.15, 0.2) is 36.7 Å². The monoisotopic (exact) mass is 285 g/mol. The van der Waals surface area contributed by atoms with Crippen molar-refractivity contribution < 1.29 is 4.74 Å². The summed E-state index contributed by atoms with van der Waals surface area (Å²) < 4.78 is 5.86. The molecule has 4 nitrogen and oxygen atoms in total. The Balaban J connectivity index is 1.90. The highest BCUT2D eigenvalue weighted by Crippen LogP contribution is 2.23. The summed E-state index contributed by atoms with van der Waals surface area (Å²) in [6, 6.07) is 10.5. The van der Waals surface area contributed by atoms with Crippen LogP contribution in [-0.2, 0) is 12.8 Å². The van der Waals surface area contributed by atoms with E-state index in [4.69, 9.17) is 4.74 Å². The molecule has 0 fully saturated rings. The summed E-state index contributed by atoms with van der Waals surface area (Å²) in [5.74, 6) is 1.58. The van der Waals surface area contributed by atoms with Crippen LogP contribution in [0.2, 0.25) is 0 Å². The van der Waals surface area contributed by atoms with E-state index >= 15 is 0 Å². The molecular formula is C17H23N3O. The highest BCUT2D eigenvalue weighted by Gasteiger charge is 2.10. The van der Waals surface area contributed by atoms with E-state index in [1.165, 1.54) is 5.56 Å². The van der Waals surface area contributed by atoms with Gasteiger partial charge in [0.2, 0.25) is 5.88 Å². The fourth-order valence-corrected chi connectivity index (χ4v) is 2.30. The number of aromatic nitrogens is 2. The molecule has 0 aliphatic rings. The Labute approximate surface area is 126 Å². The van der Waals surface area contributed by atoms with E-state index in [0.29, 0.717) is 12.5 Å². The van der Waals surface area contributed by atoms with Crippen molar-refractivity contribution in [1.82, 2.24) is 9.97 Å². The van der Waals surface area contributed by atoms with Crippen molar-refractivity contribution in [2.75, 3.05) is 19.0 Å². The third kappa shape index (κ3) is 4.45. The minimum atomic E-state index is 0.672. The van der Waals surface area contributed by atoms with Crippen LogP contribution in [0.1, 0.15) is 30.9 Å². The standard InChI is InChI=1S/C17H23N3O/c1-3-8-15-16(18-2)19-13-20-17(15)21-12-7-11-14-9-5-4-6-10-14/h4-6,9-10,13H,3,7-8,11-12H2,1-2H3,(H,18,19,20). The molecule has 0 unspecified atom stereocenters. The maximum atomic E-state index is 5.86. The van der Waals surface area contributed by atoms with Gasteiger partial charge in [0, 0.05) is 7.05 Å². The largest absolute Gasteiger partial charge is 0.477 e. The molecule has 0 aliphatic heterocycles. The second kappa shape index (κ2) is 8.25. The molecule has 0 amide bonds. The van der Waals surface area contributed by atoms with E-state index in [0.717, 1.165) is 37.1 Å². The van der Waals surface area contributed by atoms with Crippen LogP contribution in [0.3, 0.4) is 0 Å². The lowest BCUT2D eigenvalue weighted by molar-refractivity contribution is 0.295. The summed E-state index contributed by atoms with van der Waals surface area (Å²) in [5, 5.41) is 3.11. The molecule has 1 aromatic carbocycles. The number of ether oxygens (including phenoxy) is 1. The van der Waals surface area contributed by atoms with Crippen LogP contribution < -0.4 is 10.1 Å². The first kappa shape index (κ1) is 15.3. The van der Waals surface area contributed by atoms with Crippen LogP contribution in [0.25, 0.3) is 0 Å². The normalized spacial score (nSPS) is 10.4. The number of hydrogen-bond donors (Lipinski definition) is 1. The Bertz CT molecular complexity index is 543. The Hall–Kier alpha value is -2.10. The highest BCUT2D eigenvalue weighted by atomic mass is 16.5. The fourth-order valence-electron chi connectivity index (χ4n) is 2.30. The summed E-state index contributed by atoms with van der Waals surface area (Å²) in [5.41, 5.74) is 2.41. The SMILES string of the molecule is CCCc1c(NC)ncnc1OCCCc1ccccc1. The smallest absolute Gasteiger partial charge is 0.221 e. The summed E-state index contributed by atoms with van der Waals surface area (Å²) >= 11 is 0. The van der Waals surface area contributed by atoms with Gasteiger partial charge in [-0.25, -0.2) is 9.97 Å². The molecule has 0 bridgehead atoms.